The van der Waals surface area contributed by atoms with E-state index in [0.717, 1.165) is 60.5 Å². The molecule has 0 fully saturated rings. The van der Waals surface area contributed by atoms with Crippen LogP contribution < -0.4 is 0 Å². The van der Waals surface area contributed by atoms with E-state index < -0.39 is 0 Å². The van der Waals surface area contributed by atoms with Gasteiger partial charge in [0, 0.05) is 58.1 Å². The highest BCUT2D eigenvalue weighted by Crippen LogP contribution is 2.47. The highest BCUT2D eigenvalue weighted by Gasteiger charge is 2.21. The highest BCUT2D eigenvalue weighted by molar-refractivity contribution is 7.27. The second-order valence-electron chi connectivity index (χ2n) is 13.6. The van der Waals surface area contributed by atoms with Crippen LogP contribution in [0.1, 0.15) is 0 Å². The van der Waals surface area contributed by atoms with E-state index in [2.05, 4.69) is 97.1 Å². The number of hydrogen-bond donors (Lipinski definition) is 0. The van der Waals surface area contributed by atoms with Crippen molar-refractivity contribution < 1.29 is 0 Å². The summed E-state index contributed by atoms with van der Waals surface area (Å²) in [6.45, 7) is 0. The Hall–Kier alpha value is -6.93. The Morgan fingerprint density at radius 1 is 0.304 bits per heavy atom. The van der Waals surface area contributed by atoms with Crippen molar-refractivity contribution in [3.05, 3.63) is 176 Å². The predicted octanol–water partition coefficient (Wildman–Crippen LogP) is 13.4. The van der Waals surface area contributed by atoms with Crippen molar-refractivity contribution in [3.63, 3.8) is 0 Å². The smallest absolute Gasteiger partial charge is 0.164 e. The lowest BCUT2D eigenvalue weighted by molar-refractivity contribution is 1.07. The molecule has 0 radical (unpaired) electrons. The Bertz CT molecular complexity index is 3170. The van der Waals surface area contributed by atoms with Gasteiger partial charge < -0.3 is 0 Å². The molecule has 0 spiro atoms. The lowest BCUT2D eigenvalue weighted by Crippen LogP contribution is -2.00. The van der Waals surface area contributed by atoms with E-state index in [9.17, 15) is 0 Å². The van der Waals surface area contributed by atoms with Gasteiger partial charge in [-0.15, -0.1) is 22.7 Å². The molecule has 4 heterocycles. The lowest BCUT2D eigenvalue weighted by Gasteiger charge is -2.10. The molecule has 11 aromatic rings. The minimum absolute atomic E-state index is 0.639. The van der Waals surface area contributed by atoms with E-state index in [-0.39, 0.29) is 0 Å². The van der Waals surface area contributed by atoms with Crippen LogP contribution in [0.3, 0.4) is 0 Å². The quantitative estimate of drug-likeness (QED) is 0.169. The second kappa shape index (κ2) is 13.4. The summed E-state index contributed by atoms with van der Waals surface area (Å²) < 4.78 is 4.77. The van der Waals surface area contributed by atoms with Gasteiger partial charge in [0.05, 0.1) is 15.9 Å². The zero-order valence-electron chi connectivity index (χ0n) is 29.8. The van der Waals surface area contributed by atoms with Gasteiger partial charge in [-0.3, -0.25) is 0 Å². The fourth-order valence-electron chi connectivity index (χ4n) is 7.50. The van der Waals surface area contributed by atoms with Crippen LogP contribution in [0.5, 0.6) is 0 Å². The summed E-state index contributed by atoms with van der Waals surface area (Å²) in [6, 6.07) is 60.9. The van der Waals surface area contributed by atoms with Crippen LogP contribution in [0, 0.1) is 0 Å². The van der Waals surface area contributed by atoms with Crippen molar-refractivity contribution in [2.75, 3.05) is 0 Å². The fourth-order valence-corrected chi connectivity index (χ4v) is 9.89. The monoisotopic (exact) mass is 751 g/mol. The molecule has 56 heavy (non-hydrogen) atoms. The molecule has 0 saturated carbocycles. The second-order valence-corrected chi connectivity index (χ2v) is 15.7. The summed E-state index contributed by atoms with van der Waals surface area (Å²) in [5.41, 5.74) is 9.25. The molecule has 11 rings (SSSR count). The average Bonchev–Trinajstić information content (AvgIpc) is 3.86. The maximum atomic E-state index is 5.32. The zero-order chi connectivity index (χ0) is 37.0. The van der Waals surface area contributed by atoms with Gasteiger partial charge in [0.2, 0.25) is 0 Å². The SMILES string of the molecule is c1ccc(-c2nc(-c3ccccc3)nc(-c3ccc(-c4cccc5sc6c(-c7nc(-c8ccccc8)nc8c7sc7ccccc78)cccc6c45)cc3)n2)cc1. The Balaban J connectivity index is 1.05. The van der Waals surface area contributed by atoms with Crippen molar-refractivity contribution in [1.82, 2.24) is 24.9 Å². The lowest BCUT2D eigenvalue weighted by atomic mass is 9.97. The average molecular weight is 752 g/mol. The Morgan fingerprint density at radius 3 is 1.41 bits per heavy atom. The molecule has 0 atom stereocenters. The van der Waals surface area contributed by atoms with Crippen molar-refractivity contribution >= 4 is 63.1 Å². The molecular weight excluding hydrogens is 723 g/mol. The molecule has 0 saturated heterocycles. The maximum Gasteiger partial charge on any atom is 0.164 e. The molecular formula is C49H29N5S2. The van der Waals surface area contributed by atoms with Gasteiger partial charge in [0.1, 0.15) is 0 Å². The zero-order valence-corrected chi connectivity index (χ0v) is 31.4. The molecule has 0 unspecified atom stereocenters. The van der Waals surface area contributed by atoms with E-state index in [1.54, 1.807) is 11.3 Å². The molecule has 0 N–H and O–H groups in total. The third-order valence-corrected chi connectivity index (χ3v) is 12.6. The molecule has 5 nitrogen and oxygen atoms in total. The number of nitrogens with zero attached hydrogens (tertiary/aromatic N) is 5. The minimum atomic E-state index is 0.639. The van der Waals surface area contributed by atoms with Gasteiger partial charge >= 0.3 is 0 Å². The van der Waals surface area contributed by atoms with Crippen molar-refractivity contribution in [2.24, 2.45) is 0 Å². The number of hydrogen-bond acceptors (Lipinski definition) is 7. The summed E-state index contributed by atoms with van der Waals surface area (Å²) >= 11 is 3.59. The molecule has 0 aliphatic rings. The van der Waals surface area contributed by atoms with Crippen molar-refractivity contribution in [3.8, 4) is 67.9 Å². The maximum absolute atomic E-state index is 5.32. The molecule has 0 bridgehead atoms. The number of benzene rings is 7. The fraction of sp³-hybridized carbons (Fsp3) is 0. The van der Waals surface area contributed by atoms with Crippen LogP contribution in [0.2, 0.25) is 0 Å². The summed E-state index contributed by atoms with van der Waals surface area (Å²) in [6.07, 6.45) is 0. The normalized spacial score (nSPS) is 11.6. The number of fused-ring (bicyclic) bond motifs is 6. The summed E-state index contributed by atoms with van der Waals surface area (Å²) in [4.78, 5) is 25.2. The van der Waals surface area contributed by atoms with Crippen LogP contribution in [-0.4, -0.2) is 24.9 Å². The van der Waals surface area contributed by atoms with Crippen LogP contribution in [0.25, 0.3) is 108 Å². The Morgan fingerprint density at radius 2 is 0.768 bits per heavy atom. The van der Waals surface area contributed by atoms with Crippen molar-refractivity contribution in [2.45, 2.75) is 0 Å². The predicted molar refractivity (Wildman–Crippen MR) is 234 cm³/mol. The van der Waals surface area contributed by atoms with E-state index in [1.807, 2.05) is 90.2 Å². The first kappa shape index (κ1) is 32.5. The Labute approximate surface area is 330 Å². The molecule has 0 aliphatic carbocycles. The molecule has 7 heteroatoms. The standard InChI is InChI=1S/C49H29N5S2/c1-4-14-31(15-5-1)46-50-42-36-20-10-11-24-39(36)55-45(42)43(51-46)38-23-12-22-37-41-35(21-13-25-40(41)56-44(37)38)30-26-28-34(29-27-30)49-53-47(32-16-6-2-7-17-32)52-48(54-49)33-18-8-3-9-19-33/h1-29H. The minimum Gasteiger partial charge on any atom is -0.226 e. The number of rotatable bonds is 6. The van der Waals surface area contributed by atoms with Gasteiger partial charge in [-0.1, -0.05) is 164 Å². The van der Waals surface area contributed by atoms with E-state index in [0.29, 0.717) is 17.5 Å². The first-order valence-electron chi connectivity index (χ1n) is 18.4. The van der Waals surface area contributed by atoms with Crippen LogP contribution >= 0.6 is 22.7 Å². The summed E-state index contributed by atoms with van der Waals surface area (Å²) in [7, 11) is 0. The van der Waals surface area contributed by atoms with E-state index in [1.165, 1.54) is 30.4 Å². The molecule has 262 valence electrons. The summed E-state index contributed by atoms with van der Waals surface area (Å²) in [5, 5.41) is 3.62. The molecule has 0 amide bonds. The molecule has 0 aliphatic heterocycles. The van der Waals surface area contributed by atoms with Crippen LogP contribution in [0.15, 0.2) is 176 Å². The first-order chi connectivity index (χ1) is 27.7. The van der Waals surface area contributed by atoms with E-state index in [4.69, 9.17) is 24.9 Å². The molecule has 7 aromatic carbocycles. The number of thiophene rings is 2. The molecule has 4 aromatic heterocycles. The third-order valence-electron chi connectivity index (χ3n) is 10.2. The van der Waals surface area contributed by atoms with Crippen LogP contribution in [0.4, 0.5) is 0 Å². The van der Waals surface area contributed by atoms with Gasteiger partial charge in [0.25, 0.3) is 0 Å². The number of aromatic nitrogens is 5. The largest absolute Gasteiger partial charge is 0.226 e. The highest BCUT2D eigenvalue weighted by atomic mass is 32.1. The van der Waals surface area contributed by atoms with E-state index >= 15 is 0 Å². The van der Waals surface area contributed by atoms with Gasteiger partial charge in [-0.2, -0.15) is 0 Å². The van der Waals surface area contributed by atoms with Gasteiger partial charge in [-0.25, -0.2) is 24.9 Å². The Kier molecular flexibility index (Phi) is 7.79. The van der Waals surface area contributed by atoms with Crippen LogP contribution in [-0.2, 0) is 0 Å². The van der Waals surface area contributed by atoms with Crippen molar-refractivity contribution in [1.29, 1.82) is 0 Å². The first-order valence-corrected chi connectivity index (χ1v) is 20.1. The van der Waals surface area contributed by atoms with Gasteiger partial charge in [-0.05, 0) is 23.3 Å². The topological polar surface area (TPSA) is 64.5 Å². The van der Waals surface area contributed by atoms with Gasteiger partial charge in [0.15, 0.2) is 23.3 Å². The third kappa shape index (κ3) is 5.56. The summed E-state index contributed by atoms with van der Waals surface area (Å²) in [5.74, 6) is 2.67.